The van der Waals surface area contributed by atoms with Crippen LogP contribution in [0.2, 0.25) is 0 Å². The number of carbonyl (C=O) groups is 3. The highest BCUT2D eigenvalue weighted by Gasteiger charge is 2.35. The topological polar surface area (TPSA) is 106 Å². The highest BCUT2D eigenvalue weighted by atomic mass is 16.6. The van der Waals surface area contributed by atoms with Gasteiger partial charge in [0.15, 0.2) is 0 Å². The number of hydrogen-bond donors (Lipinski definition) is 2. The number of hydrogen-bond acceptors (Lipinski definition) is 7. The lowest BCUT2D eigenvalue weighted by Gasteiger charge is -2.37. The summed E-state index contributed by atoms with van der Waals surface area (Å²) in [6, 6.07) is 6.34. The number of carbonyl (C=O) groups excluding carboxylic acids is 3. The summed E-state index contributed by atoms with van der Waals surface area (Å²) in [5, 5.41) is 5.37. The predicted octanol–water partition coefficient (Wildman–Crippen LogP) is 0.945. The fourth-order valence-corrected chi connectivity index (χ4v) is 3.31. The van der Waals surface area contributed by atoms with Gasteiger partial charge in [-0.25, -0.2) is 14.4 Å². The molecule has 0 fully saturated rings. The molecule has 9 nitrogen and oxygen atoms in total. The molecule has 9 heteroatoms. The summed E-state index contributed by atoms with van der Waals surface area (Å²) in [5.74, 6) is -0.471. The molecule has 0 bridgehead atoms. The van der Waals surface area contributed by atoms with E-state index in [1.165, 1.54) is 7.11 Å². The minimum Gasteiger partial charge on any atom is -0.475 e. The quantitative estimate of drug-likeness (QED) is 0.722. The Kier molecular flexibility index (Phi) is 5.72. The number of esters is 2. The molecule has 0 aliphatic carbocycles. The van der Waals surface area contributed by atoms with E-state index in [9.17, 15) is 14.4 Å². The molecule has 150 valence electrons. The van der Waals surface area contributed by atoms with Gasteiger partial charge in [-0.05, 0) is 26.0 Å². The van der Waals surface area contributed by atoms with Gasteiger partial charge in [-0.2, -0.15) is 0 Å². The van der Waals surface area contributed by atoms with Crippen molar-refractivity contribution in [1.82, 2.24) is 10.6 Å². The van der Waals surface area contributed by atoms with Gasteiger partial charge in [-0.3, -0.25) is 0 Å². The zero-order chi connectivity index (χ0) is 20.3. The molecule has 0 unspecified atom stereocenters. The standard InChI is InChI=1S/C19H23N3O6/c1-4-27-18(24)16-11(2)20-19(25)21-12(16)9-22-10-15(17(23)26-3)28-14-8-6-5-7-13(14)22/h5-8,11,15H,4,9-10H2,1-3H3,(H2,20,21,25)/t11-,15-/m0/s1. The van der Waals surface area contributed by atoms with Gasteiger partial charge in [0.25, 0.3) is 0 Å². The summed E-state index contributed by atoms with van der Waals surface area (Å²) in [7, 11) is 1.30. The van der Waals surface area contributed by atoms with Crippen LogP contribution in [0.4, 0.5) is 10.5 Å². The molecule has 0 saturated heterocycles. The maximum atomic E-state index is 12.4. The van der Waals surface area contributed by atoms with Crippen LogP contribution in [0.5, 0.6) is 5.75 Å². The SMILES string of the molecule is CCOC(=O)C1=C(CN2C[C@@H](C(=O)OC)Oc3ccccc32)NC(=O)N[C@H]1C. The molecule has 28 heavy (non-hydrogen) atoms. The van der Waals surface area contributed by atoms with Gasteiger partial charge < -0.3 is 29.7 Å². The van der Waals surface area contributed by atoms with Crippen LogP contribution in [0.15, 0.2) is 35.5 Å². The number of nitrogens with zero attached hydrogens (tertiary/aromatic N) is 1. The van der Waals surface area contributed by atoms with E-state index in [1.54, 1.807) is 26.0 Å². The number of para-hydroxylation sites is 2. The number of urea groups is 1. The number of nitrogens with one attached hydrogen (secondary N) is 2. The van der Waals surface area contributed by atoms with Gasteiger partial charge in [-0.1, -0.05) is 12.1 Å². The summed E-state index contributed by atoms with van der Waals surface area (Å²) in [5.41, 5.74) is 1.52. The zero-order valence-corrected chi connectivity index (χ0v) is 16.0. The third-order valence-electron chi connectivity index (χ3n) is 4.54. The molecule has 0 radical (unpaired) electrons. The van der Waals surface area contributed by atoms with Gasteiger partial charge in [-0.15, -0.1) is 0 Å². The van der Waals surface area contributed by atoms with Gasteiger partial charge in [0.2, 0.25) is 6.10 Å². The highest BCUT2D eigenvalue weighted by Crippen LogP contribution is 2.34. The molecule has 2 amide bonds. The Morgan fingerprint density at radius 1 is 1.32 bits per heavy atom. The highest BCUT2D eigenvalue weighted by molar-refractivity contribution is 5.95. The lowest BCUT2D eigenvalue weighted by molar-refractivity contribution is -0.148. The fourth-order valence-electron chi connectivity index (χ4n) is 3.31. The van der Waals surface area contributed by atoms with Crippen LogP contribution < -0.4 is 20.3 Å². The average molecular weight is 389 g/mol. The molecule has 2 atom stereocenters. The van der Waals surface area contributed by atoms with Crippen LogP contribution in [0.3, 0.4) is 0 Å². The molecular formula is C19H23N3O6. The van der Waals surface area contributed by atoms with Gasteiger partial charge in [0.05, 0.1) is 49.8 Å². The van der Waals surface area contributed by atoms with Crippen LogP contribution in [0.25, 0.3) is 0 Å². The summed E-state index contributed by atoms with van der Waals surface area (Å²) >= 11 is 0. The van der Waals surface area contributed by atoms with E-state index in [-0.39, 0.29) is 19.7 Å². The van der Waals surface area contributed by atoms with E-state index in [1.807, 2.05) is 17.0 Å². The van der Waals surface area contributed by atoms with Gasteiger partial charge in [0, 0.05) is 0 Å². The van der Waals surface area contributed by atoms with E-state index in [0.717, 1.165) is 5.69 Å². The van der Waals surface area contributed by atoms with Crippen molar-refractivity contribution in [1.29, 1.82) is 0 Å². The van der Waals surface area contributed by atoms with Crippen LogP contribution >= 0.6 is 0 Å². The molecule has 0 saturated carbocycles. The second-order valence-electron chi connectivity index (χ2n) is 6.41. The molecule has 0 aromatic heterocycles. The lowest BCUT2D eigenvalue weighted by Crippen LogP contribution is -2.53. The number of rotatable bonds is 5. The minimum absolute atomic E-state index is 0.194. The average Bonchev–Trinajstić information content (AvgIpc) is 2.66. The van der Waals surface area contributed by atoms with Crippen molar-refractivity contribution in [3.05, 3.63) is 35.5 Å². The molecule has 1 aromatic carbocycles. The maximum absolute atomic E-state index is 12.4. The Hall–Kier alpha value is -3.23. The van der Waals surface area contributed by atoms with E-state index in [4.69, 9.17) is 14.2 Å². The van der Waals surface area contributed by atoms with Gasteiger partial charge in [0.1, 0.15) is 5.75 Å². The number of fused-ring (bicyclic) bond motifs is 1. The van der Waals surface area contributed by atoms with Crippen molar-refractivity contribution in [2.45, 2.75) is 26.0 Å². The number of benzene rings is 1. The van der Waals surface area contributed by atoms with Crippen molar-refractivity contribution in [3.8, 4) is 5.75 Å². The first kappa shape index (κ1) is 19.5. The van der Waals surface area contributed by atoms with Crippen molar-refractivity contribution in [2.75, 3.05) is 31.7 Å². The Morgan fingerprint density at radius 2 is 2.07 bits per heavy atom. The van der Waals surface area contributed by atoms with Crippen LogP contribution in [0, 0.1) is 0 Å². The van der Waals surface area contributed by atoms with E-state index >= 15 is 0 Å². The van der Waals surface area contributed by atoms with E-state index in [2.05, 4.69) is 10.6 Å². The Labute approximate surface area is 162 Å². The third kappa shape index (κ3) is 3.88. The normalized spacial score (nSPS) is 21.1. The van der Waals surface area contributed by atoms with Crippen LogP contribution in [-0.2, 0) is 19.1 Å². The second kappa shape index (κ2) is 8.20. The largest absolute Gasteiger partial charge is 0.475 e. The third-order valence-corrected chi connectivity index (χ3v) is 4.54. The Morgan fingerprint density at radius 3 is 2.79 bits per heavy atom. The Bertz CT molecular complexity index is 822. The number of amides is 2. The van der Waals surface area contributed by atoms with Crippen molar-refractivity contribution in [2.24, 2.45) is 0 Å². The predicted molar refractivity (Wildman–Crippen MR) is 99.9 cm³/mol. The van der Waals surface area contributed by atoms with Crippen molar-refractivity contribution < 1.29 is 28.6 Å². The molecule has 3 rings (SSSR count). The summed E-state index contributed by atoms with van der Waals surface area (Å²) in [4.78, 5) is 38.3. The smallest absolute Gasteiger partial charge is 0.348 e. The first-order valence-electron chi connectivity index (χ1n) is 9.00. The molecular weight excluding hydrogens is 366 g/mol. The number of anilines is 1. The molecule has 2 aliphatic rings. The summed E-state index contributed by atoms with van der Waals surface area (Å²) < 4.78 is 15.7. The molecule has 2 N–H and O–H groups in total. The maximum Gasteiger partial charge on any atom is 0.348 e. The molecule has 0 spiro atoms. The summed E-state index contributed by atoms with van der Waals surface area (Å²) in [6.07, 6.45) is -0.818. The van der Waals surface area contributed by atoms with E-state index in [0.29, 0.717) is 17.0 Å². The summed E-state index contributed by atoms with van der Waals surface area (Å²) in [6.45, 7) is 4.06. The zero-order valence-electron chi connectivity index (χ0n) is 16.0. The lowest BCUT2D eigenvalue weighted by atomic mass is 10.0. The number of methoxy groups -OCH3 is 1. The monoisotopic (exact) mass is 389 g/mol. The van der Waals surface area contributed by atoms with Gasteiger partial charge >= 0.3 is 18.0 Å². The first-order chi connectivity index (χ1) is 13.4. The minimum atomic E-state index is -0.818. The fraction of sp³-hybridized carbons (Fsp3) is 0.421. The van der Waals surface area contributed by atoms with Crippen molar-refractivity contribution in [3.63, 3.8) is 0 Å². The van der Waals surface area contributed by atoms with Crippen molar-refractivity contribution >= 4 is 23.7 Å². The Balaban J connectivity index is 1.96. The molecule has 1 aromatic rings. The molecule has 2 heterocycles. The number of ether oxygens (including phenoxy) is 3. The van der Waals surface area contributed by atoms with Crippen LogP contribution in [-0.4, -0.2) is 56.9 Å². The van der Waals surface area contributed by atoms with Crippen LogP contribution in [0.1, 0.15) is 13.8 Å². The molecule has 2 aliphatic heterocycles. The first-order valence-corrected chi connectivity index (χ1v) is 9.00. The second-order valence-corrected chi connectivity index (χ2v) is 6.41. The van der Waals surface area contributed by atoms with E-state index < -0.39 is 30.1 Å².